The summed E-state index contributed by atoms with van der Waals surface area (Å²) in [5.41, 5.74) is 0.802. The SMILES string of the molecule is CCCc1nnc2c(=O)n(-c3ccccc3OC)ccn12. The highest BCUT2D eigenvalue weighted by molar-refractivity contribution is 5.49. The van der Waals surface area contributed by atoms with Gasteiger partial charge in [0.15, 0.2) is 0 Å². The Morgan fingerprint density at radius 2 is 2.00 bits per heavy atom. The summed E-state index contributed by atoms with van der Waals surface area (Å²) in [7, 11) is 1.58. The van der Waals surface area contributed by atoms with Crippen LogP contribution in [0.2, 0.25) is 0 Å². The summed E-state index contributed by atoms with van der Waals surface area (Å²) in [6, 6.07) is 7.38. The van der Waals surface area contributed by atoms with Gasteiger partial charge in [0.05, 0.1) is 12.8 Å². The Hall–Kier alpha value is -2.63. The van der Waals surface area contributed by atoms with Crippen molar-refractivity contribution in [1.82, 2.24) is 19.2 Å². The maximum Gasteiger partial charge on any atom is 0.300 e. The number of hydrogen-bond donors (Lipinski definition) is 0. The summed E-state index contributed by atoms with van der Waals surface area (Å²) in [6.45, 7) is 2.07. The summed E-state index contributed by atoms with van der Waals surface area (Å²) in [4.78, 5) is 12.6. The topological polar surface area (TPSA) is 61.4 Å². The Morgan fingerprint density at radius 1 is 1.19 bits per heavy atom. The number of methoxy groups -OCH3 is 1. The summed E-state index contributed by atoms with van der Waals surface area (Å²) in [5.74, 6) is 1.44. The highest BCUT2D eigenvalue weighted by Gasteiger charge is 2.12. The first kappa shape index (κ1) is 13.4. The lowest BCUT2D eigenvalue weighted by atomic mass is 10.3. The molecule has 0 spiro atoms. The van der Waals surface area contributed by atoms with Crippen molar-refractivity contribution in [3.8, 4) is 11.4 Å². The number of rotatable bonds is 4. The average Bonchev–Trinajstić information content (AvgIpc) is 2.92. The Bertz CT molecular complexity index is 835. The van der Waals surface area contributed by atoms with Crippen molar-refractivity contribution in [3.05, 3.63) is 52.8 Å². The summed E-state index contributed by atoms with van der Waals surface area (Å²) < 4.78 is 8.58. The van der Waals surface area contributed by atoms with Crippen LogP contribution >= 0.6 is 0 Å². The maximum atomic E-state index is 12.6. The van der Waals surface area contributed by atoms with Gasteiger partial charge in [-0.15, -0.1) is 10.2 Å². The highest BCUT2D eigenvalue weighted by atomic mass is 16.5. The smallest absolute Gasteiger partial charge is 0.300 e. The molecule has 3 rings (SSSR count). The van der Waals surface area contributed by atoms with E-state index in [2.05, 4.69) is 17.1 Å². The number of ether oxygens (including phenoxy) is 1. The van der Waals surface area contributed by atoms with Gasteiger partial charge in [-0.05, 0) is 18.6 Å². The quantitative estimate of drug-likeness (QED) is 0.733. The van der Waals surface area contributed by atoms with Crippen LogP contribution in [0.4, 0.5) is 0 Å². The van der Waals surface area contributed by atoms with Crippen molar-refractivity contribution in [2.75, 3.05) is 7.11 Å². The Balaban J connectivity index is 2.21. The minimum Gasteiger partial charge on any atom is -0.495 e. The lowest BCUT2D eigenvalue weighted by molar-refractivity contribution is 0.412. The van der Waals surface area contributed by atoms with Gasteiger partial charge in [-0.3, -0.25) is 13.8 Å². The van der Waals surface area contributed by atoms with Gasteiger partial charge >= 0.3 is 5.56 Å². The molecule has 1 aromatic carbocycles. The number of hydrogen-bond acceptors (Lipinski definition) is 4. The molecule has 0 aliphatic carbocycles. The zero-order valence-corrected chi connectivity index (χ0v) is 12.0. The van der Waals surface area contributed by atoms with Gasteiger partial charge in [-0.1, -0.05) is 19.1 Å². The third-order valence-electron chi connectivity index (χ3n) is 3.36. The number of aromatic nitrogens is 4. The molecule has 2 aromatic heterocycles. The second kappa shape index (κ2) is 5.40. The van der Waals surface area contributed by atoms with Gasteiger partial charge < -0.3 is 4.74 Å². The first-order chi connectivity index (χ1) is 10.3. The summed E-state index contributed by atoms with van der Waals surface area (Å²) in [5, 5.41) is 8.11. The molecule has 0 fully saturated rings. The van der Waals surface area contributed by atoms with E-state index in [1.165, 1.54) is 4.57 Å². The standard InChI is InChI=1S/C15H16N4O2/c1-3-6-13-16-17-14-15(20)18(9-10-19(13)14)11-7-4-5-8-12(11)21-2/h4-5,7-10H,3,6H2,1-2H3. The first-order valence-corrected chi connectivity index (χ1v) is 6.85. The van der Waals surface area contributed by atoms with Crippen LogP contribution in [0, 0.1) is 0 Å². The van der Waals surface area contributed by atoms with Gasteiger partial charge in [0, 0.05) is 18.8 Å². The van der Waals surface area contributed by atoms with Crippen LogP contribution in [0.25, 0.3) is 11.3 Å². The average molecular weight is 284 g/mol. The predicted octanol–water partition coefficient (Wildman–Crippen LogP) is 1.84. The van der Waals surface area contributed by atoms with Crippen LogP contribution in [0.3, 0.4) is 0 Å². The van der Waals surface area contributed by atoms with E-state index in [0.717, 1.165) is 18.7 Å². The minimum atomic E-state index is -0.211. The molecule has 6 heteroatoms. The molecule has 108 valence electrons. The number of fused-ring (bicyclic) bond motifs is 1. The van der Waals surface area contributed by atoms with E-state index in [0.29, 0.717) is 17.1 Å². The molecule has 21 heavy (non-hydrogen) atoms. The molecule has 3 aromatic rings. The van der Waals surface area contributed by atoms with E-state index in [1.54, 1.807) is 17.7 Å². The largest absolute Gasteiger partial charge is 0.495 e. The molecule has 0 atom stereocenters. The van der Waals surface area contributed by atoms with Crippen LogP contribution in [-0.4, -0.2) is 26.3 Å². The van der Waals surface area contributed by atoms with Crippen molar-refractivity contribution in [1.29, 1.82) is 0 Å². The first-order valence-electron chi connectivity index (χ1n) is 6.85. The van der Waals surface area contributed by atoms with Crippen LogP contribution in [0.5, 0.6) is 5.75 Å². The molecule has 0 saturated carbocycles. The third-order valence-corrected chi connectivity index (χ3v) is 3.36. The molecule has 0 bridgehead atoms. The van der Waals surface area contributed by atoms with Gasteiger partial charge in [0.1, 0.15) is 11.6 Å². The van der Waals surface area contributed by atoms with E-state index >= 15 is 0 Å². The van der Waals surface area contributed by atoms with E-state index < -0.39 is 0 Å². The second-order valence-corrected chi connectivity index (χ2v) is 4.70. The molecule has 0 aliphatic rings. The molecule has 2 heterocycles. The molecular weight excluding hydrogens is 268 g/mol. The van der Waals surface area contributed by atoms with Crippen LogP contribution in [-0.2, 0) is 6.42 Å². The molecule has 0 N–H and O–H groups in total. The zero-order valence-electron chi connectivity index (χ0n) is 12.0. The number of nitrogens with zero attached hydrogens (tertiary/aromatic N) is 4. The highest BCUT2D eigenvalue weighted by Crippen LogP contribution is 2.20. The summed E-state index contributed by atoms with van der Waals surface area (Å²) >= 11 is 0. The fourth-order valence-corrected chi connectivity index (χ4v) is 2.35. The van der Waals surface area contributed by atoms with Crippen molar-refractivity contribution >= 4 is 5.65 Å². The van der Waals surface area contributed by atoms with Gasteiger partial charge in [0.25, 0.3) is 0 Å². The van der Waals surface area contributed by atoms with Crippen LogP contribution < -0.4 is 10.3 Å². The Kier molecular flexibility index (Phi) is 3.43. The lowest BCUT2D eigenvalue weighted by Gasteiger charge is -2.10. The monoisotopic (exact) mass is 284 g/mol. The van der Waals surface area contributed by atoms with E-state index in [1.807, 2.05) is 30.5 Å². The Morgan fingerprint density at radius 3 is 2.76 bits per heavy atom. The normalized spacial score (nSPS) is 11.0. The molecule has 0 amide bonds. The van der Waals surface area contributed by atoms with Gasteiger partial charge in [0.2, 0.25) is 5.65 Å². The fraction of sp³-hybridized carbons (Fsp3) is 0.267. The van der Waals surface area contributed by atoms with E-state index in [9.17, 15) is 4.79 Å². The Labute approximate surface area is 121 Å². The molecule has 0 aliphatic heterocycles. The lowest BCUT2D eigenvalue weighted by Crippen LogP contribution is -2.20. The van der Waals surface area contributed by atoms with Crippen molar-refractivity contribution < 1.29 is 4.74 Å². The summed E-state index contributed by atoms with van der Waals surface area (Å²) in [6.07, 6.45) is 5.28. The third kappa shape index (κ3) is 2.18. The molecule has 6 nitrogen and oxygen atoms in total. The van der Waals surface area contributed by atoms with E-state index in [-0.39, 0.29) is 5.56 Å². The number of benzene rings is 1. The van der Waals surface area contributed by atoms with Gasteiger partial charge in [-0.2, -0.15) is 0 Å². The van der Waals surface area contributed by atoms with Crippen LogP contribution in [0.1, 0.15) is 19.2 Å². The number of aryl methyl sites for hydroxylation is 1. The maximum absolute atomic E-state index is 12.6. The molecular formula is C15H16N4O2. The zero-order chi connectivity index (χ0) is 14.8. The van der Waals surface area contributed by atoms with Crippen LogP contribution in [0.15, 0.2) is 41.5 Å². The van der Waals surface area contributed by atoms with Crippen molar-refractivity contribution in [3.63, 3.8) is 0 Å². The van der Waals surface area contributed by atoms with Crippen molar-refractivity contribution in [2.24, 2.45) is 0 Å². The predicted molar refractivity (Wildman–Crippen MR) is 79.1 cm³/mol. The second-order valence-electron chi connectivity index (χ2n) is 4.70. The van der Waals surface area contributed by atoms with Gasteiger partial charge in [-0.25, -0.2) is 0 Å². The fourth-order valence-electron chi connectivity index (χ4n) is 2.35. The molecule has 0 unspecified atom stereocenters. The van der Waals surface area contributed by atoms with Crippen molar-refractivity contribution in [2.45, 2.75) is 19.8 Å². The number of para-hydroxylation sites is 2. The van der Waals surface area contributed by atoms with E-state index in [4.69, 9.17) is 4.74 Å². The minimum absolute atomic E-state index is 0.211. The molecule has 0 saturated heterocycles. The molecule has 0 radical (unpaired) electrons.